The first kappa shape index (κ1) is 12.0. The van der Waals surface area contributed by atoms with Crippen LogP contribution in [0.2, 0.25) is 0 Å². The van der Waals surface area contributed by atoms with E-state index in [4.69, 9.17) is 5.11 Å². The summed E-state index contributed by atoms with van der Waals surface area (Å²) in [5, 5.41) is 11.2. The molecule has 0 aliphatic rings. The molecule has 0 aliphatic carbocycles. The second-order valence-corrected chi connectivity index (χ2v) is 3.54. The van der Waals surface area contributed by atoms with Crippen molar-refractivity contribution in [1.82, 2.24) is 9.97 Å². The summed E-state index contributed by atoms with van der Waals surface area (Å²) >= 11 is 0. The quantitative estimate of drug-likeness (QED) is 0.861. The van der Waals surface area contributed by atoms with Gasteiger partial charge in [0.1, 0.15) is 24.5 Å². The molecule has 0 amide bonds. The number of carbonyl (C=O) groups is 1. The van der Waals surface area contributed by atoms with E-state index in [9.17, 15) is 9.18 Å². The third-order valence-electron chi connectivity index (χ3n) is 2.23. The Morgan fingerprint density at radius 1 is 1.28 bits per heavy atom. The van der Waals surface area contributed by atoms with Crippen molar-refractivity contribution >= 4 is 11.8 Å². The van der Waals surface area contributed by atoms with Crippen LogP contribution in [-0.2, 0) is 4.79 Å². The molecular weight excluding hydrogens is 237 g/mol. The lowest BCUT2D eigenvalue weighted by molar-refractivity contribution is -0.134. The van der Waals surface area contributed by atoms with E-state index in [-0.39, 0.29) is 12.4 Å². The Bertz CT molecular complexity index is 558. The molecule has 0 saturated carbocycles. The Kier molecular flexibility index (Phi) is 3.47. The topological polar surface area (TPSA) is 75.1 Å². The van der Waals surface area contributed by atoms with Crippen molar-refractivity contribution < 1.29 is 14.3 Å². The zero-order valence-corrected chi connectivity index (χ0v) is 9.30. The Morgan fingerprint density at radius 2 is 2.00 bits per heavy atom. The van der Waals surface area contributed by atoms with Crippen molar-refractivity contribution in [1.29, 1.82) is 0 Å². The van der Waals surface area contributed by atoms with E-state index in [1.54, 1.807) is 18.2 Å². The number of aliphatic carboxylic acids is 1. The fourth-order valence-corrected chi connectivity index (χ4v) is 1.40. The zero-order chi connectivity index (χ0) is 13.0. The lowest BCUT2D eigenvalue weighted by Crippen LogP contribution is -2.13. The number of benzene rings is 1. The van der Waals surface area contributed by atoms with Gasteiger partial charge >= 0.3 is 5.97 Å². The lowest BCUT2D eigenvalue weighted by Gasteiger charge is -2.04. The van der Waals surface area contributed by atoms with Crippen molar-refractivity contribution in [2.75, 3.05) is 11.9 Å². The molecule has 1 aromatic carbocycles. The van der Waals surface area contributed by atoms with Crippen LogP contribution in [0, 0.1) is 5.82 Å². The Hall–Kier alpha value is -2.50. The normalized spacial score (nSPS) is 10.1. The second-order valence-electron chi connectivity index (χ2n) is 3.54. The zero-order valence-electron chi connectivity index (χ0n) is 9.30. The molecule has 6 heteroatoms. The van der Waals surface area contributed by atoms with E-state index in [0.29, 0.717) is 11.5 Å². The molecular formula is C12H10FN3O2. The van der Waals surface area contributed by atoms with E-state index in [2.05, 4.69) is 15.3 Å². The summed E-state index contributed by atoms with van der Waals surface area (Å²) in [4.78, 5) is 18.4. The van der Waals surface area contributed by atoms with Gasteiger partial charge in [0.15, 0.2) is 0 Å². The molecule has 18 heavy (non-hydrogen) atoms. The van der Waals surface area contributed by atoms with Gasteiger partial charge in [0.25, 0.3) is 0 Å². The van der Waals surface area contributed by atoms with Gasteiger partial charge in [-0.3, -0.25) is 4.79 Å². The van der Waals surface area contributed by atoms with Crippen LogP contribution in [0.1, 0.15) is 0 Å². The number of anilines is 1. The molecule has 2 aromatic rings. The molecule has 1 aromatic heterocycles. The van der Waals surface area contributed by atoms with E-state index in [1.807, 2.05) is 0 Å². The highest BCUT2D eigenvalue weighted by Gasteiger charge is 2.03. The monoisotopic (exact) mass is 247 g/mol. The van der Waals surface area contributed by atoms with E-state index in [1.165, 1.54) is 18.5 Å². The van der Waals surface area contributed by atoms with E-state index in [0.717, 1.165) is 5.56 Å². The Labute approximate surface area is 102 Å². The first-order valence-electron chi connectivity index (χ1n) is 5.19. The van der Waals surface area contributed by atoms with Crippen LogP contribution >= 0.6 is 0 Å². The van der Waals surface area contributed by atoms with Gasteiger partial charge in [-0.15, -0.1) is 0 Å². The maximum atomic E-state index is 12.8. The van der Waals surface area contributed by atoms with Gasteiger partial charge in [-0.25, -0.2) is 14.4 Å². The largest absolute Gasteiger partial charge is 0.480 e. The summed E-state index contributed by atoms with van der Waals surface area (Å²) in [5.41, 5.74) is 1.33. The van der Waals surface area contributed by atoms with Crippen LogP contribution in [0.25, 0.3) is 11.3 Å². The van der Waals surface area contributed by atoms with Gasteiger partial charge in [0, 0.05) is 11.6 Å². The molecule has 2 rings (SSSR count). The van der Waals surface area contributed by atoms with Gasteiger partial charge in [0.05, 0.1) is 5.69 Å². The summed E-state index contributed by atoms with van der Waals surface area (Å²) in [6.07, 6.45) is 1.32. The number of carboxylic acids is 1. The number of hydrogen-bond acceptors (Lipinski definition) is 4. The average molecular weight is 247 g/mol. The minimum absolute atomic E-state index is 0.222. The van der Waals surface area contributed by atoms with Gasteiger partial charge in [-0.1, -0.05) is 0 Å². The molecule has 0 fully saturated rings. The minimum Gasteiger partial charge on any atom is -0.480 e. The maximum absolute atomic E-state index is 12.8. The van der Waals surface area contributed by atoms with Crippen molar-refractivity contribution in [3.05, 3.63) is 42.5 Å². The molecule has 0 aliphatic heterocycles. The molecule has 0 saturated heterocycles. The first-order valence-corrected chi connectivity index (χ1v) is 5.19. The van der Waals surface area contributed by atoms with Crippen LogP contribution in [-0.4, -0.2) is 27.6 Å². The average Bonchev–Trinajstić information content (AvgIpc) is 2.37. The number of halogens is 1. The first-order chi connectivity index (χ1) is 8.65. The van der Waals surface area contributed by atoms with Crippen LogP contribution in [0.4, 0.5) is 10.2 Å². The smallest absolute Gasteiger partial charge is 0.322 e. The predicted molar refractivity (Wildman–Crippen MR) is 63.6 cm³/mol. The Morgan fingerprint density at radius 3 is 2.67 bits per heavy atom. The number of nitrogens with zero attached hydrogens (tertiary/aromatic N) is 2. The third-order valence-corrected chi connectivity index (χ3v) is 2.23. The van der Waals surface area contributed by atoms with Gasteiger partial charge in [-0.05, 0) is 24.3 Å². The highest BCUT2D eigenvalue weighted by atomic mass is 19.1. The highest BCUT2D eigenvalue weighted by Crippen LogP contribution is 2.18. The Balaban J connectivity index is 2.21. The van der Waals surface area contributed by atoms with Crippen LogP contribution in [0.3, 0.4) is 0 Å². The predicted octanol–water partition coefficient (Wildman–Crippen LogP) is 1.78. The second kappa shape index (κ2) is 5.22. The standard InChI is InChI=1S/C12H10FN3O2/c13-9-3-1-8(2-4-9)10-5-11(16-7-15-10)14-6-12(17)18/h1-5,7H,6H2,(H,17,18)(H,14,15,16). The fraction of sp³-hybridized carbons (Fsp3) is 0.0833. The summed E-state index contributed by atoms with van der Waals surface area (Å²) < 4.78 is 12.8. The van der Waals surface area contributed by atoms with Gasteiger partial charge < -0.3 is 10.4 Å². The molecule has 2 N–H and O–H groups in total. The van der Waals surface area contributed by atoms with Gasteiger partial charge in [-0.2, -0.15) is 0 Å². The number of carboxylic acid groups (broad SMARTS) is 1. The van der Waals surface area contributed by atoms with Crippen molar-refractivity contribution in [2.24, 2.45) is 0 Å². The van der Waals surface area contributed by atoms with E-state index < -0.39 is 5.97 Å². The molecule has 0 bridgehead atoms. The van der Waals surface area contributed by atoms with Crippen molar-refractivity contribution in [3.63, 3.8) is 0 Å². The summed E-state index contributed by atoms with van der Waals surface area (Å²) in [6.45, 7) is -0.222. The van der Waals surface area contributed by atoms with Crippen LogP contribution in [0.15, 0.2) is 36.7 Å². The molecule has 0 radical (unpaired) electrons. The summed E-state index contributed by atoms with van der Waals surface area (Å²) in [7, 11) is 0. The van der Waals surface area contributed by atoms with Crippen molar-refractivity contribution in [3.8, 4) is 11.3 Å². The van der Waals surface area contributed by atoms with Gasteiger partial charge in [0.2, 0.25) is 0 Å². The summed E-state index contributed by atoms with van der Waals surface area (Å²) in [6, 6.07) is 7.47. The molecule has 0 spiro atoms. The number of hydrogen-bond donors (Lipinski definition) is 2. The number of nitrogens with one attached hydrogen (secondary N) is 1. The molecule has 0 atom stereocenters. The SMILES string of the molecule is O=C(O)CNc1cc(-c2ccc(F)cc2)ncn1. The maximum Gasteiger partial charge on any atom is 0.322 e. The molecule has 5 nitrogen and oxygen atoms in total. The van der Waals surface area contributed by atoms with Crippen LogP contribution in [0.5, 0.6) is 0 Å². The minimum atomic E-state index is -0.975. The van der Waals surface area contributed by atoms with Crippen molar-refractivity contribution in [2.45, 2.75) is 0 Å². The number of aromatic nitrogens is 2. The fourth-order valence-electron chi connectivity index (χ4n) is 1.40. The highest BCUT2D eigenvalue weighted by molar-refractivity contribution is 5.72. The molecule has 1 heterocycles. The summed E-state index contributed by atoms with van der Waals surface area (Å²) in [5.74, 6) is -0.888. The third kappa shape index (κ3) is 3.00. The molecule has 0 unspecified atom stereocenters. The number of rotatable bonds is 4. The lowest BCUT2D eigenvalue weighted by atomic mass is 10.1. The van der Waals surface area contributed by atoms with Crippen LogP contribution < -0.4 is 5.32 Å². The van der Waals surface area contributed by atoms with E-state index >= 15 is 0 Å². The molecule has 92 valence electrons.